The molecule has 1 amide bonds. The van der Waals surface area contributed by atoms with Gasteiger partial charge in [-0.2, -0.15) is 5.10 Å². The average molecular weight is 337 g/mol. The summed E-state index contributed by atoms with van der Waals surface area (Å²) in [4.78, 5) is 11.8. The molecule has 0 spiro atoms. The van der Waals surface area contributed by atoms with E-state index in [0.29, 0.717) is 33.6 Å². The largest absolute Gasteiger partial charge is 0.309 e. The Balaban J connectivity index is 1.88. The number of hydrogen-bond donors (Lipinski definition) is 2. The maximum absolute atomic E-state index is 11.8. The lowest BCUT2D eigenvalue weighted by atomic mass is 10.1. The number of hydrogen-bond acceptors (Lipinski definition) is 4. The molecule has 0 saturated carbocycles. The van der Waals surface area contributed by atoms with Crippen LogP contribution in [0.4, 0.5) is 5.82 Å². The van der Waals surface area contributed by atoms with E-state index < -0.39 is 0 Å². The van der Waals surface area contributed by atoms with Crippen LogP contribution in [0.5, 0.6) is 0 Å². The Morgan fingerprint density at radius 2 is 1.91 bits per heavy atom. The first-order chi connectivity index (χ1) is 10.5. The third-order valence-corrected chi connectivity index (χ3v) is 3.67. The van der Waals surface area contributed by atoms with Crippen molar-refractivity contribution in [2.45, 2.75) is 19.8 Å². The molecule has 114 valence electrons. The van der Waals surface area contributed by atoms with Gasteiger partial charge in [0.25, 0.3) is 0 Å². The number of aromatic nitrogens is 2. The summed E-state index contributed by atoms with van der Waals surface area (Å²) in [5.74, 6) is 0.180. The summed E-state index contributed by atoms with van der Waals surface area (Å²) in [6.07, 6.45) is 0.470. The van der Waals surface area contributed by atoms with Gasteiger partial charge in [-0.15, -0.1) is 5.10 Å². The summed E-state index contributed by atoms with van der Waals surface area (Å²) in [5, 5.41) is 19.2. The van der Waals surface area contributed by atoms with Crippen LogP contribution in [0.15, 0.2) is 30.3 Å². The van der Waals surface area contributed by atoms with Crippen LogP contribution in [-0.2, 0) is 4.79 Å². The highest BCUT2D eigenvalue weighted by atomic mass is 35.5. The molecule has 0 bridgehead atoms. The Morgan fingerprint density at radius 1 is 1.14 bits per heavy atom. The van der Waals surface area contributed by atoms with E-state index in [0.717, 1.165) is 5.69 Å². The van der Waals surface area contributed by atoms with Gasteiger partial charge >= 0.3 is 0 Å². The number of rotatable bonds is 5. The lowest BCUT2D eigenvalue weighted by Gasteiger charge is -2.06. The molecule has 0 atom stereocenters. The van der Waals surface area contributed by atoms with Gasteiger partial charge in [0.15, 0.2) is 5.82 Å². The van der Waals surface area contributed by atoms with Gasteiger partial charge in [-0.1, -0.05) is 29.3 Å². The molecule has 0 fully saturated rings. The van der Waals surface area contributed by atoms with Crippen molar-refractivity contribution in [1.29, 1.82) is 5.41 Å². The Hall–Kier alpha value is -1.98. The van der Waals surface area contributed by atoms with Gasteiger partial charge in [0, 0.05) is 12.1 Å². The smallest absolute Gasteiger partial charge is 0.225 e. The van der Waals surface area contributed by atoms with E-state index in [1.807, 2.05) is 6.92 Å². The maximum atomic E-state index is 11.8. The number of carbonyl (C=O) groups excluding carboxylic acids is 1. The second-order valence-electron chi connectivity index (χ2n) is 4.72. The summed E-state index contributed by atoms with van der Waals surface area (Å²) < 4.78 is 0. The van der Waals surface area contributed by atoms with E-state index in [9.17, 15) is 4.79 Å². The fourth-order valence-corrected chi connectivity index (χ4v) is 2.04. The molecule has 2 rings (SSSR count). The third kappa shape index (κ3) is 4.51. The number of amides is 1. The molecular weight excluding hydrogens is 323 g/mol. The van der Waals surface area contributed by atoms with E-state index >= 15 is 0 Å². The topological polar surface area (TPSA) is 78.7 Å². The Bertz CT molecular complexity index is 701. The van der Waals surface area contributed by atoms with Crippen LogP contribution in [0, 0.1) is 12.3 Å². The lowest BCUT2D eigenvalue weighted by Crippen LogP contribution is -2.14. The highest BCUT2D eigenvalue weighted by Crippen LogP contribution is 2.23. The summed E-state index contributed by atoms with van der Waals surface area (Å²) in [7, 11) is 0. The molecule has 0 radical (unpaired) electrons. The van der Waals surface area contributed by atoms with E-state index in [4.69, 9.17) is 28.6 Å². The monoisotopic (exact) mass is 336 g/mol. The van der Waals surface area contributed by atoms with Crippen molar-refractivity contribution in [3.63, 3.8) is 0 Å². The second kappa shape index (κ2) is 7.33. The minimum Gasteiger partial charge on any atom is -0.309 e. The van der Waals surface area contributed by atoms with E-state index in [2.05, 4.69) is 15.5 Å². The van der Waals surface area contributed by atoms with Crippen molar-refractivity contribution in [1.82, 2.24) is 10.2 Å². The summed E-state index contributed by atoms with van der Waals surface area (Å²) in [5.41, 5.74) is 1.75. The Labute approximate surface area is 138 Å². The molecule has 1 aromatic heterocycles. The number of nitrogens with one attached hydrogen (secondary N) is 2. The third-order valence-electron chi connectivity index (χ3n) is 2.94. The van der Waals surface area contributed by atoms with Crippen molar-refractivity contribution in [3.8, 4) is 0 Å². The zero-order valence-electron chi connectivity index (χ0n) is 11.9. The molecule has 0 aliphatic rings. The van der Waals surface area contributed by atoms with Crippen LogP contribution < -0.4 is 5.32 Å². The number of halogens is 2. The first kappa shape index (κ1) is 16.4. The fraction of sp³-hybridized carbons (Fsp3) is 0.200. The summed E-state index contributed by atoms with van der Waals surface area (Å²) in [6.45, 7) is 1.82. The number of nitrogens with zero attached hydrogens (tertiary/aromatic N) is 2. The van der Waals surface area contributed by atoms with Gasteiger partial charge in [-0.3, -0.25) is 4.79 Å². The van der Waals surface area contributed by atoms with Crippen LogP contribution in [0.25, 0.3) is 0 Å². The summed E-state index contributed by atoms with van der Waals surface area (Å²) >= 11 is 11.8. The van der Waals surface area contributed by atoms with E-state index in [1.165, 1.54) is 0 Å². The van der Waals surface area contributed by atoms with Crippen molar-refractivity contribution in [2.75, 3.05) is 5.32 Å². The van der Waals surface area contributed by atoms with Crippen LogP contribution in [0.1, 0.15) is 24.1 Å². The number of aryl methyl sites for hydroxylation is 1. The zero-order chi connectivity index (χ0) is 16.1. The molecule has 5 nitrogen and oxygen atoms in total. The van der Waals surface area contributed by atoms with Gasteiger partial charge in [-0.25, -0.2) is 0 Å². The highest BCUT2D eigenvalue weighted by Gasteiger charge is 2.09. The standard InChI is InChI=1S/C15H14Cl2N4O/c1-9-2-6-14(21-20-9)19-15(22)7-5-13(18)10-3-4-11(16)12(17)8-10/h2-4,6,8,18H,5,7H2,1H3,(H,19,21,22). The molecule has 0 unspecified atom stereocenters. The molecule has 2 N–H and O–H groups in total. The SMILES string of the molecule is Cc1ccc(NC(=O)CCC(=N)c2ccc(Cl)c(Cl)c2)nn1. The second-order valence-corrected chi connectivity index (χ2v) is 5.53. The molecule has 7 heteroatoms. The quantitative estimate of drug-likeness (QED) is 0.813. The zero-order valence-corrected chi connectivity index (χ0v) is 13.4. The van der Waals surface area contributed by atoms with Crippen LogP contribution >= 0.6 is 23.2 Å². The molecule has 0 aliphatic carbocycles. The highest BCUT2D eigenvalue weighted by molar-refractivity contribution is 6.42. The van der Waals surface area contributed by atoms with Gasteiger partial charge in [0.05, 0.1) is 15.7 Å². The number of benzene rings is 1. The van der Waals surface area contributed by atoms with Gasteiger partial charge in [0.2, 0.25) is 5.91 Å². The molecular formula is C15H14Cl2N4O. The van der Waals surface area contributed by atoms with Crippen LogP contribution in [0.3, 0.4) is 0 Å². The fourth-order valence-electron chi connectivity index (χ4n) is 1.74. The molecule has 0 aliphatic heterocycles. The first-order valence-electron chi connectivity index (χ1n) is 6.59. The minimum atomic E-state index is -0.219. The molecule has 2 aromatic rings. The first-order valence-corrected chi connectivity index (χ1v) is 7.34. The van der Waals surface area contributed by atoms with Gasteiger partial charge < -0.3 is 10.7 Å². The maximum Gasteiger partial charge on any atom is 0.225 e. The number of anilines is 1. The Kier molecular flexibility index (Phi) is 5.46. The summed E-state index contributed by atoms with van der Waals surface area (Å²) in [6, 6.07) is 8.41. The van der Waals surface area contributed by atoms with Gasteiger partial charge in [-0.05, 0) is 43.2 Å². The molecule has 22 heavy (non-hydrogen) atoms. The average Bonchev–Trinajstić information content (AvgIpc) is 2.50. The van der Waals surface area contributed by atoms with Crippen molar-refractivity contribution in [3.05, 3.63) is 51.6 Å². The van der Waals surface area contributed by atoms with Crippen molar-refractivity contribution >= 4 is 40.6 Å². The Morgan fingerprint density at radius 3 is 2.55 bits per heavy atom. The van der Waals surface area contributed by atoms with Crippen LogP contribution in [0.2, 0.25) is 10.0 Å². The number of carbonyl (C=O) groups is 1. The van der Waals surface area contributed by atoms with E-state index in [1.54, 1.807) is 30.3 Å². The predicted molar refractivity (Wildman–Crippen MR) is 87.9 cm³/mol. The predicted octanol–water partition coefficient (Wildman–Crippen LogP) is 3.88. The molecule has 1 heterocycles. The van der Waals surface area contributed by atoms with Crippen molar-refractivity contribution < 1.29 is 4.79 Å². The lowest BCUT2D eigenvalue weighted by molar-refractivity contribution is -0.116. The molecule has 0 saturated heterocycles. The minimum absolute atomic E-state index is 0.175. The molecule has 1 aromatic carbocycles. The normalized spacial score (nSPS) is 10.3. The van der Waals surface area contributed by atoms with E-state index in [-0.39, 0.29) is 12.3 Å². The van der Waals surface area contributed by atoms with Gasteiger partial charge in [0.1, 0.15) is 0 Å². The van der Waals surface area contributed by atoms with Crippen LogP contribution in [-0.4, -0.2) is 21.8 Å². The van der Waals surface area contributed by atoms with Crippen molar-refractivity contribution in [2.24, 2.45) is 0 Å².